The minimum absolute atomic E-state index is 0.722. The summed E-state index contributed by atoms with van der Waals surface area (Å²) in [5.74, 6) is 0.998. The van der Waals surface area contributed by atoms with E-state index in [-0.39, 0.29) is 0 Å². The average Bonchev–Trinajstić information content (AvgIpc) is 3.15. The summed E-state index contributed by atoms with van der Waals surface area (Å²) in [5, 5.41) is 6.93. The molecule has 0 unspecified atom stereocenters. The van der Waals surface area contributed by atoms with Crippen molar-refractivity contribution in [1.29, 1.82) is 0 Å². The van der Waals surface area contributed by atoms with Crippen LogP contribution in [0.3, 0.4) is 0 Å². The first kappa shape index (κ1) is 12.4. The summed E-state index contributed by atoms with van der Waals surface area (Å²) >= 11 is 0. The van der Waals surface area contributed by atoms with Crippen molar-refractivity contribution in [3.05, 3.63) is 29.8 Å². The van der Waals surface area contributed by atoms with Gasteiger partial charge < -0.3 is 15.4 Å². The minimum Gasteiger partial charge on any atom is -0.494 e. The van der Waals surface area contributed by atoms with Gasteiger partial charge in [0, 0.05) is 31.2 Å². The molecule has 0 radical (unpaired) electrons. The van der Waals surface area contributed by atoms with E-state index in [4.69, 9.17) is 4.74 Å². The van der Waals surface area contributed by atoms with Crippen molar-refractivity contribution in [2.24, 2.45) is 0 Å². The fourth-order valence-corrected chi connectivity index (χ4v) is 1.82. The maximum Gasteiger partial charge on any atom is 0.123 e. The number of benzene rings is 1. The monoisotopic (exact) mass is 234 g/mol. The molecule has 0 aromatic heterocycles. The van der Waals surface area contributed by atoms with Crippen LogP contribution in [0.4, 0.5) is 0 Å². The molecular weight excluding hydrogens is 212 g/mol. The molecule has 0 bridgehead atoms. The Morgan fingerprint density at radius 2 is 2.06 bits per heavy atom. The highest BCUT2D eigenvalue weighted by molar-refractivity contribution is 5.33. The molecule has 0 spiro atoms. The predicted molar refractivity (Wildman–Crippen MR) is 70.3 cm³/mol. The van der Waals surface area contributed by atoms with Crippen molar-refractivity contribution in [1.82, 2.24) is 10.6 Å². The van der Waals surface area contributed by atoms with Crippen LogP contribution in [0.1, 0.15) is 25.3 Å². The van der Waals surface area contributed by atoms with Crippen molar-refractivity contribution in [2.75, 3.05) is 19.7 Å². The van der Waals surface area contributed by atoms with Crippen molar-refractivity contribution < 1.29 is 4.74 Å². The summed E-state index contributed by atoms with van der Waals surface area (Å²) in [4.78, 5) is 0. The van der Waals surface area contributed by atoms with Crippen molar-refractivity contribution in [2.45, 2.75) is 32.4 Å². The molecule has 17 heavy (non-hydrogen) atoms. The third-order valence-corrected chi connectivity index (χ3v) is 2.90. The molecular formula is C14H22N2O. The van der Waals surface area contributed by atoms with Gasteiger partial charge in [0.25, 0.3) is 0 Å². The summed E-state index contributed by atoms with van der Waals surface area (Å²) in [5.41, 5.74) is 1.24. The lowest BCUT2D eigenvalue weighted by atomic mass is 10.2. The van der Waals surface area contributed by atoms with Crippen molar-refractivity contribution >= 4 is 0 Å². The highest BCUT2D eigenvalue weighted by Gasteiger charge is 2.19. The number of rotatable bonds is 8. The Morgan fingerprint density at radius 3 is 2.82 bits per heavy atom. The Hall–Kier alpha value is -1.06. The van der Waals surface area contributed by atoms with E-state index in [2.05, 4.69) is 22.8 Å². The number of ether oxygens (including phenoxy) is 1. The van der Waals surface area contributed by atoms with E-state index >= 15 is 0 Å². The van der Waals surface area contributed by atoms with Crippen LogP contribution < -0.4 is 15.4 Å². The van der Waals surface area contributed by atoms with E-state index < -0.39 is 0 Å². The summed E-state index contributed by atoms with van der Waals surface area (Å²) in [7, 11) is 0. The Balaban J connectivity index is 1.69. The average molecular weight is 234 g/mol. The van der Waals surface area contributed by atoms with Gasteiger partial charge in [0.05, 0.1) is 6.61 Å². The van der Waals surface area contributed by atoms with Crippen LogP contribution in [-0.4, -0.2) is 25.7 Å². The van der Waals surface area contributed by atoms with Gasteiger partial charge >= 0.3 is 0 Å². The first-order chi connectivity index (χ1) is 8.40. The van der Waals surface area contributed by atoms with E-state index in [1.165, 1.54) is 18.4 Å². The topological polar surface area (TPSA) is 33.3 Å². The molecule has 1 aromatic carbocycles. The zero-order chi connectivity index (χ0) is 11.9. The highest BCUT2D eigenvalue weighted by Crippen LogP contribution is 2.18. The number of nitrogens with one attached hydrogen (secondary N) is 2. The van der Waals surface area contributed by atoms with Crippen molar-refractivity contribution in [3.8, 4) is 5.75 Å². The van der Waals surface area contributed by atoms with Crippen LogP contribution in [0, 0.1) is 0 Å². The Morgan fingerprint density at radius 1 is 1.24 bits per heavy atom. The molecule has 1 fully saturated rings. The lowest BCUT2D eigenvalue weighted by molar-refractivity contribution is 0.335. The summed E-state index contributed by atoms with van der Waals surface area (Å²) in [6, 6.07) is 9.02. The molecule has 1 aliphatic carbocycles. The highest BCUT2D eigenvalue weighted by atomic mass is 16.5. The van der Waals surface area contributed by atoms with E-state index in [1.807, 2.05) is 19.1 Å². The molecule has 0 amide bonds. The smallest absolute Gasteiger partial charge is 0.123 e. The minimum atomic E-state index is 0.722. The Labute approximate surface area is 104 Å². The standard InChI is InChI=1S/C14H22N2O/c1-2-17-14-6-4-3-5-12(14)11-15-9-10-16-13-7-8-13/h3-6,13,15-16H,2,7-11H2,1H3. The van der Waals surface area contributed by atoms with Crippen LogP contribution in [0.2, 0.25) is 0 Å². The zero-order valence-electron chi connectivity index (χ0n) is 10.5. The Bertz CT molecular complexity index is 337. The molecule has 1 aromatic rings. The summed E-state index contributed by atoms with van der Waals surface area (Å²) in [6.07, 6.45) is 2.71. The molecule has 0 heterocycles. The second-order valence-corrected chi connectivity index (χ2v) is 4.45. The normalized spacial score (nSPS) is 14.9. The van der Waals surface area contributed by atoms with Gasteiger partial charge in [0.2, 0.25) is 0 Å². The zero-order valence-corrected chi connectivity index (χ0v) is 10.5. The molecule has 0 saturated heterocycles. The number of hydrogen-bond donors (Lipinski definition) is 2. The van der Waals surface area contributed by atoms with Gasteiger partial charge in [-0.1, -0.05) is 18.2 Å². The second-order valence-electron chi connectivity index (χ2n) is 4.45. The quantitative estimate of drug-likeness (QED) is 0.674. The molecule has 2 N–H and O–H groups in total. The maximum atomic E-state index is 5.59. The third kappa shape index (κ3) is 4.36. The van der Waals surface area contributed by atoms with Gasteiger partial charge in [-0.15, -0.1) is 0 Å². The van der Waals surface area contributed by atoms with Gasteiger partial charge in [-0.2, -0.15) is 0 Å². The van der Waals surface area contributed by atoms with Gasteiger partial charge in [-0.25, -0.2) is 0 Å². The SMILES string of the molecule is CCOc1ccccc1CNCCNC1CC1. The van der Waals surface area contributed by atoms with E-state index in [0.29, 0.717) is 0 Å². The van der Waals surface area contributed by atoms with Gasteiger partial charge in [-0.05, 0) is 25.8 Å². The van der Waals surface area contributed by atoms with Gasteiger partial charge in [0.1, 0.15) is 5.75 Å². The first-order valence-electron chi connectivity index (χ1n) is 6.55. The Kier molecular flexibility index (Phi) is 4.83. The lowest BCUT2D eigenvalue weighted by Crippen LogP contribution is -2.28. The van der Waals surface area contributed by atoms with E-state index in [9.17, 15) is 0 Å². The maximum absolute atomic E-state index is 5.59. The van der Waals surface area contributed by atoms with Crippen LogP contribution in [0.5, 0.6) is 5.75 Å². The molecule has 1 aliphatic rings. The van der Waals surface area contributed by atoms with Crippen molar-refractivity contribution in [3.63, 3.8) is 0 Å². The van der Waals surface area contributed by atoms with Crippen LogP contribution >= 0.6 is 0 Å². The molecule has 94 valence electrons. The number of para-hydroxylation sites is 1. The largest absolute Gasteiger partial charge is 0.494 e. The summed E-state index contributed by atoms with van der Waals surface area (Å²) < 4.78 is 5.59. The summed E-state index contributed by atoms with van der Waals surface area (Å²) in [6.45, 7) is 5.69. The fraction of sp³-hybridized carbons (Fsp3) is 0.571. The van der Waals surface area contributed by atoms with Gasteiger partial charge in [-0.3, -0.25) is 0 Å². The van der Waals surface area contributed by atoms with Crippen LogP contribution in [0.25, 0.3) is 0 Å². The van der Waals surface area contributed by atoms with Gasteiger partial charge in [0.15, 0.2) is 0 Å². The fourth-order valence-electron chi connectivity index (χ4n) is 1.82. The van der Waals surface area contributed by atoms with Crippen LogP contribution in [0.15, 0.2) is 24.3 Å². The first-order valence-corrected chi connectivity index (χ1v) is 6.55. The second kappa shape index (κ2) is 6.62. The predicted octanol–water partition coefficient (Wildman–Crippen LogP) is 1.93. The molecule has 3 nitrogen and oxygen atoms in total. The number of hydrogen-bond acceptors (Lipinski definition) is 3. The molecule has 1 saturated carbocycles. The molecule has 2 rings (SSSR count). The molecule has 3 heteroatoms. The lowest BCUT2D eigenvalue weighted by Gasteiger charge is -2.11. The molecule has 0 aliphatic heterocycles. The van der Waals surface area contributed by atoms with E-state index in [0.717, 1.165) is 38.0 Å². The van der Waals surface area contributed by atoms with E-state index in [1.54, 1.807) is 0 Å². The van der Waals surface area contributed by atoms with Crippen LogP contribution in [-0.2, 0) is 6.54 Å². The third-order valence-electron chi connectivity index (χ3n) is 2.90. The molecule has 0 atom stereocenters.